The molecule has 5 atom stereocenters. The molecule has 1 aliphatic heterocycles. The van der Waals surface area contributed by atoms with Crippen LogP contribution in [0.5, 0.6) is 11.5 Å². The van der Waals surface area contributed by atoms with E-state index in [9.17, 15) is 40.2 Å². The zero-order valence-electron chi connectivity index (χ0n) is 14.9. The summed E-state index contributed by atoms with van der Waals surface area (Å²) in [5.41, 5.74) is -0.799. The monoisotopic (exact) mass is 402 g/mol. The summed E-state index contributed by atoms with van der Waals surface area (Å²) in [6, 6.07) is 7.01. The lowest BCUT2D eigenvalue weighted by Gasteiger charge is -2.40. The van der Waals surface area contributed by atoms with E-state index < -0.39 is 65.8 Å². The van der Waals surface area contributed by atoms with Gasteiger partial charge in [0.1, 0.15) is 42.0 Å². The van der Waals surface area contributed by atoms with Gasteiger partial charge in [-0.3, -0.25) is 9.59 Å². The van der Waals surface area contributed by atoms with Crippen LogP contribution in [0.15, 0.2) is 30.3 Å². The number of ether oxygens (including phenoxy) is 1. The molecule has 0 saturated carbocycles. The molecule has 1 aliphatic carbocycles. The number of hydrogen-bond acceptors (Lipinski definition) is 9. The van der Waals surface area contributed by atoms with Crippen molar-refractivity contribution in [3.63, 3.8) is 0 Å². The van der Waals surface area contributed by atoms with Crippen molar-refractivity contribution in [2.45, 2.75) is 30.5 Å². The summed E-state index contributed by atoms with van der Waals surface area (Å²) in [7, 11) is 0. The number of rotatable bonds is 2. The second-order valence-electron chi connectivity index (χ2n) is 7.03. The van der Waals surface area contributed by atoms with Crippen LogP contribution in [-0.4, -0.2) is 73.2 Å². The van der Waals surface area contributed by atoms with Crippen LogP contribution in [0.4, 0.5) is 0 Å². The van der Waals surface area contributed by atoms with Crippen LogP contribution in [0.1, 0.15) is 43.5 Å². The van der Waals surface area contributed by atoms with Gasteiger partial charge >= 0.3 is 0 Å². The number of aromatic hydroxyl groups is 2. The van der Waals surface area contributed by atoms with E-state index in [1.165, 1.54) is 12.1 Å². The Morgan fingerprint density at radius 2 is 1.48 bits per heavy atom. The van der Waals surface area contributed by atoms with E-state index >= 15 is 0 Å². The summed E-state index contributed by atoms with van der Waals surface area (Å²) in [5.74, 6) is -2.65. The van der Waals surface area contributed by atoms with E-state index in [-0.39, 0.29) is 22.3 Å². The van der Waals surface area contributed by atoms with Crippen LogP contribution in [-0.2, 0) is 4.74 Å². The normalized spacial score (nSPS) is 28.8. The van der Waals surface area contributed by atoms with Gasteiger partial charge < -0.3 is 35.4 Å². The topological polar surface area (TPSA) is 165 Å². The molecule has 152 valence electrons. The third kappa shape index (κ3) is 2.75. The average molecular weight is 402 g/mol. The van der Waals surface area contributed by atoms with Crippen LogP contribution in [0.2, 0.25) is 0 Å². The predicted octanol–water partition coefficient (Wildman–Crippen LogP) is -0.612. The van der Waals surface area contributed by atoms with Crippen molar-refractivity contribution in [2.75, 3.05) is 6.61 Å². The minimum atomic E-state index is -1.79. The summed E-state index contributed by atoms with van der Waals surface area (Å²) in [6.07, 6.45) is -8.03. The van der Waals surface area contributed by atoms with Gasteiger partial charge in [-0.25, -0.2) is 0 Å². The van der Waals surface area contributed by atoms with Gasteiger partial charge in [-0.1, -0.05) is 24.3 Å². The van der Waals surface area contributed by atoms with Crippen molar-refractivity contribution in [1.82, 2.24) is 0 Å². The minimum Gasteiger partial charge on any atom is -0.507 e. The average Bonchev–Trinajstić information content (AvgIpc) is 2.71. The molecule has 5 unspecified atom stereocenters. The number of ketones is 2. The SMILES string of the molecule is O=C1c2ccccc2C(=O)c2c1cc(O)c(C1OC(CO)C(O)C(O)C1O)c2O. The third-order valence-electron chi connectivity index (χ3n) is 5.38. The lowest BCUT2D eigenvalue weighted by molar-refractivity contribution is -0.232. The summed E-state index contributed by atoms with van der Waals surface area (Å²) in [6.45, 7) is -0.710. The van der Waals surface area contributed by atoms with Crippen LogP contribution < -0.4 is 0 Å². The first kappa shape index (κ1) is 19.5. The van der Waals surface area contributed by atoms with E-state index in [4.69, 9.17) is 4.74 Å². The molecule has 2 aliphatic rings. The van der Waals surface area contributed by atoms with Gasteiger partial charge in [0.2, 0.25) is 0 Å². The molecule has 1 fully saturated rings. The second-order valence-corrected chi connectivity index (χ2v) is 7.03. The van der Waals surface area contributed by atoms with Crippen molar-refractivity contribution >= 4 is 11.6 Å². The van der Waals surface area contributed by atoms with Crippen molar-refractivity contribution < 1.29 is 45.0 Å². The smallest absolute Gasteiger partial charge is 0.198 e. The van der Waals surface area contributed by atoms with Gasteiger partial charge in [0.15, 0.2) is 11.6 Å². The highest BCUT2D eigenvalue weighted by Gasteiger charge is 2.47. The summed E-state index contributed by atoms with van der Waals surface area (Å²) >= 11 is 0. The number of phenols is 2. The molecule has 1 heterocycles. The summed E-state index contributed by atoms with van der Waals surface area (Å²) in [5, 5.41) is 60.8. The van der Waals surface area contributed by atoms with Crippen molar-refractivity contribution in [1.29, 1.82) is 0 Å². The van der Waals surface area contributed by atoms with Crippen LogP contribution in [0, 0.1) is 0 Å². The van der Waals surface area contributed by atoms with E-state index in [2.05, 4.69) is 0 Å². The molecule has 0 radical (unpaired) electrons. The van der Waals surface area contributed by atoms with E-state index in [0.29, 0.717) is 0 Å². The van der Waals surface area contributed by atoms with E-state index in [0.717, 1.165) is 6.07 Å². The molecule has 0 amide bonds. The molecule has 9 nitrogen and oxygen atoms in total. The lowest BCUT2D eigenvalue weighted by atomic mass is 9.80. The Morgan fingerprint density at radius 3 is 2.10 bits per heavy atom. The van der Waals surface area contributed by atoms with Crippen molar-refractivity contribution in [2.24, 2.45) is 0 Å². The third-order valence-corrected chi connectivity index (χ3v) is 5.38. The van der Waals surface area contributed by atoms with Crippen LogP contribution >= 0.6 is 0 Å². The summed E-state index contributed by atoms with van der Waals surface area (Å²) in [4.78, 5) is 25.7. The highest BCUT2D eigenvalue weighted by atomic mass is 16.5. The Morgan fingerprint density at radius 1 is 0.862 bits per heavy atom. The number of carbonyl (C=O) groups excluding carboxylic acids is 2. The van der Waals surface area contributed by atoms with Gasteiger partial charge in [-0.05, 0) is 6.07 Å². The van der Waals surface area contributed by atoms with Crippen LogP contribution in [0.3, 0.4) is 0 Å². The predicted molar refractivity (Wildman–Crippen MR) is 95.8 cm³/mol. The molecule has 4 rings (SSSR count). The van der Waals surface area contributed by atoms with E-state index in [1.54, 1.807) is 12.1 Å². The van der Waals surface area contributed by atoms with Crippen molar-refractivity contribution in [3.05, 3.63) is 58.1 Å². The zero-order chi connectivity index (χ0) is 21.0. The number of carbonyl (C=O) groups is 2. The van der Waals surface area contributed by atoms with Gasteiger partial charge in [0, 0.05) is 16.7 Å². The Bertz CT molecular complexity index is 1010. The van der Waals surface area contributed by atoms with Gasteiger partial charge in [0.25, 0.3) is 0 Å². The maximum atomic E-state index is 12.9. The molecule has 9 heteroatoms. The number of benzene rings is 2. The molecule has 6 N–H and O–H groups in total. The molecule has 1 saturated heterocycles. The number of aliphatic hydroxyl groups is 4. The van der Waals surface area contributed by atoms with Gasteiger partial charge in [0.05, 0.1) is 17.7 Å². The fraction of sp³-hybridized carbons (Fsp3) is 0.300. The fourth-order valence-electron chi connectivity index (χ4n) is 3.86. The Kier molecular flexibility index (Phi) is 4.64. The molecule has 29 heavy (non-hydrogen) atoms. The largest absolute Gasteiger partial charge is 0.507 e. The summed E-state index contributed by atoms with van der Waals surface area (Å²) < 4.78 is 5.37. The molecular weight excluding hydrogens is 384 g/mol. The molecular formula is C20H18O9. The highest BCUT2D eigenvalue weighted by molar-refractivity contribution is 6.29. The molecule has 0 aromatic heterocycles. The quantitative estimate of drug-likeness (QED) is 0.328. The molecule has 0 spiro atoms. The number of phenolic OH excluding ortho intramolecular Hbond substituents is 2. The minimum absolute atomic E-state index is 0.0748. The standard InChI is InChI=1S/C20H18O9/c21-6-11-16(25)18(27)19(28)20(29-11)13-10(22)5-9-12(17(13)26)15(24)8-4-2-1-3-7(8)14(9)23/h1-5,11,16,18-22,25-28H,6H2. The first-order chi connectivity index (χ1) is 13.8. The Balaban J connectivity index is 1.88. The molecule has 2 aromatic carbocycles. The number of fused-ring (bicyclic) bond motifs is 2. The maximum absolute atomic E-state index is 12.9. The lowest BCUT2D eigenvalue weighted by Crippen LogP contribution is -2.55. The fourth-order valence-corrected chi connectivity index (χ4v) is 3.86. The number of hydrogen-bond donors (Lipinski definition) is 6. The number of aliphatic hydroxyl groups excluding tert-OH is 4. The Hall–Kier alpha value is -2.82. The zero-order valence-corrected chi connectivity index (χ0v) is 14.9. The van der Waals surface area contributed by atoms with E-state index in [1.807, 2.05) is 0 Å². The van der Waals surface area contributed by atoms with Crippen LogP contribution in [0.25, 0.3) is 0 Å². The maximum Gasteiger partial charge on any atom is 0.198 e. The second kappa shape index (κ2) is 6.90. The molecule has 2 aromatic rings. The Labute approximate surface area is 164 Å². The van der Waals surface area contributed by atoms with Gasteiger partial charge in [-0.2, -0.15) is 0 Å². The van der Waals surface area contributed by atoms with Gasteiger partial charge in [-0.15, -0.1) is 0 Å². The highest BCUT2D eigenvalue weighted by Crippen LogP contribution is 2.46. The first-order valence-corrected chi connectivity index (χ1v) is 8.85. The first-order valence-electron chi connectivity index (χ1n) is 8.85. The van der Waals surface area contributed by atoms with Crippen molar-refractivity contribution in [3.8, 4) is 11.5 Å². The molecule has 0 bridgehead atoms.